The standard InChI is InChI=1S/C23H38N6O4/c1-18(30)25-23(11-6-4-5-7-12-23)22-24-19(33-26-22)9-10-20(31)29-14-8-13-28(15-16-29)17-21(32)27(2)3/h4-17H2,1-3H3,(H,25,30). The number of rotatable bonds is 7. The van der Waals surface area contributed by atoms with Crippen molar-refractivity contribution in [2.24, 2.45) is 0 Å². The Kier molecular flexibility index (Phi) is 8.82. The number of aryl methyl sites for hydroxylation is 1. The lowest BCUT2D eigenvalue weighted by Gasteiger charge is -2.30. The second-order valence-electron chi connectivity index (χ2n) is 9.49. The van der Waals surface area contributed by atoms with Gasteiger partial charge in [0.15, 0.2) is 5.82 Å². The van der Waals surface area contributed by atoms with Crippen LogP contribution in [0.3, 0.4) is 0 Å². The molecule has 1 aliphatic carbocycles. The van der Waals surface area contributed by atoms with Gasteiger partial charge in [-0.3, -0.25) is 19.3 Å². The molecule has 2 aliphatic rings. The number of carbonyl (C=O) groups excluding carboxylic acids is 3. The van der Waals surface area contributed by atoms with Crippen molar-refractivity contribution < 1.29 is 18.9 Å². The van der Waals surface area contributed by atoms with Crippen molar-refractivity contribution in [2.45, 2.75) is 70.3 Å². The largest absolute Gasteiger partial charge is 0.348 e. The Balaban J connectivity index is 1.54. The molecule has 184 valence electrons. The van der Waals surface area contributed by atoms with Crippen LogP contribution in [0.5, 0.6) is 0 Å². The molecule has 10 heteroatoms. The molecule has 1 aromatic heterocycles. The maximum absolute atomic E-state index is 12.8. The molecule has 0 atom stereocenters. The van der Waals surface area contributed by atoms with E-state index in [1.54, 1.807) is 19.0 Å². The summed E-state index contributed by atoms with van der Waals surface area (Å²) in [6.07, 6.45) is 7.40. The first-order chi connectivity index (χ1) is 15.8. The van der Waals surface area contributed by atoms with Gasteiger partial charge in [0, 0.05) is 60.0 Å². The normalized spacial score (nSPS) is 19.4. The molecule has 2 fully saturated rings. The van der Waals surface area contributed by atoms with Crippen molar-refractivity contribution >= 4 is 17.7 Å². The summed E-state index contributed by atoms with van der Waals surface area (Å²) in [6.45, 7) is 4.70. The molecule has 10 nitrogen and oxygen atoms in total. The third-order valence-corrected chi connectivity index (χ3v) is 6.62. The van der Waals surface area contributed by atoms with Crippen LogP contribution in [-0.4, -0.2) is 89.4 Å². The number of hydrogen-bond donors (Lipinski definition) is 1. The number of hydrogen-bond acceptors (Lipinski definition) is 7. The van der Waals surface area contributed by atoms with Crippen LogP contribution in [-0.2, 0) is 26.3 Å². The predicted molar refractivity (Wildman–Crippen MR) is 122 cm³/mol. The number of carbonyl (C=O) groups is 3. The first-order valence-electron chi connectivity index (χ1n) is 12.1. The average molecular weight is 463 g/mol. The second-order valence-corrected chi connectivity index (χ2v) is 9.49. The van der Waals surface area contributed by atoms with Crippen LogP contribution in [0.4, 0.5) is 0 Å². The highest BCUT2D eigenvalue weighted by Gasteiger charge is 2.38. The molecule has 3 amide bonds. The number of nitrogens with zero attached hydrogens (tertiary/aromatic N) is 5. The van der Waals surface area contributed by atoms with Crippen LogP contribution in [0.1, 0.15) is 70.0 Å². The van der Waals surface area contributed by atoms with Gasteiger partial charge >= 0.3 is 0 Å². The van der Waals surface area contributed by atoms with Crippen molar-refractivity contribution in [3.63, 3.8) is 0 Å². The molecule has 1 saturated heterocycles. The van der Waals surface area contributed by atoms with Gasteiger partial charge in [0.2, 0.25) is 23.6 Å². The maximum Gasteiger partial charge on any atom is 0.236 e. The smallest absolute Gasteiger partial charge is 0.236 e. The molecule has 0 spiro atoms. The van der Waals surface area contributed by atoms with Crippen LogP contribution in [0.2, 0.25) is 0 Å². The Bertz CT molecular complexity index is 816. The van der Waals surface area contributed by atoms with Crippen LogP contribution in [0, 0.1) is 0 Å². The van der Waals surface area contributed by atoms with E-state index in [9.17, 15) is 14.4 Å². The molecule has 3 rings (SSSR count). The van der Waals surface area contributed by atoms with E-state index in [1.165, 1.54) is 6.92 Å². The summed E-state index contributed by atoms with van der Waals surface area (Å²) >= 11 is 0. The van der Waals surface area contributed by atoms with Gasteiger partial charge in [-0.1, -0.05) is 30.8 Å². The highest BCUT2D eigenvalue weighted by molar-refractivity contribution is 5.78. The van der Waals surface area contributed by atoms with Crippen LogP contribution < -0.4 is 5.32 Å². The minimum Gasteiger partial charge on any atom is -0.348 e. The summed E-state index contributed by atoms with van der Waals surface area (Å²) < 4.78 is 5.48. The molecule has 1 aromatic rings. The third kappa shape index (κ3) is 6.99. The highest BCUT2D eigenvalue weighted by atomic mass is 16.5. The summed E-state index contributed by atoms with van der Waals surface area (Å²) in [5.41, 5.74) is -0.577. The molecular formula is C23H38N6O4. The first kappa shape index (κ1) is 25.1. The lowest BCUT2D eigenvalue weighted by atomic mass is 9.89. The Morgan fingerprint density at radius 3 is 2.42 bits per heavy atom. The zero-order valence-corrected chi connectivity index (χ0v) is 20.3. The average Bonchev–Trinajstić information content (AvgIpc) is 2.96. The van der Waals surface area contributed by atoms with E-state index in [0.717, 1.165) is 51.5 Å². The van der Waals surface area contributed by atoms with E-state index < -0.39 is 5.54 Å². The van der Waals surface area contributed by atoms with Crippen molar-refractivity contribution in [1.82, 2.24) is 30.2 Å². The number of amides is 3. The zero-order valence-electron chi connectivity index (χ0n) is 20.3. The fourth-order valence-electron chi connectivity index (χ4n) is 4.71. The van der Waals surface area contributed by atoms with Crippen LogP contribution in [0.15, 0.2) is 4.52 Å². The minimum atomic E-state index is -0.577. The molecular weight excluding hydrogens is 424 g/mol. The highest BCUT2D eigenvalue weighted by Crippen LogP contribution is 2.34. The summed E-state index contributed by atoms with van der Waals surface area (Å²) in [4.78, 5) is 46.8. The van der Waals surface area contributed by atoms with Crippen molar-refractivity contribution in [2.75, 3.05) is 46.8 Å². The molecule has 0 unspecified atom stereocenters. The molecule has 0 radical (unpaired) electrons. The van der Waals surface area contributed by atoms with Gasteiger partial charge in [-0.25, -0.2) is 0 Å². The van der Waals surface area contributed by atoms with Gasteiger partial charge in [-0.2, -0.15) is 4.98 Å². The van der Waals surface area contributed by atoms with Gasteiger partial charge < -0.3 is 19.6 Å². The first-order valence-corrected chi connectivity index (χ1v) is 12.1. The van der Waals surface area contributed by atoms with Gasteiger partial charge in [0.25, 0.3) is 0 Å². The van der Waals surface area contributed by atoms with Crippen molar-refractivity contribution in [3.8, 4) is 0 Å². The molecule has 1 aliphatic heterocycles. The number of nitrogens with one attached hydrogen (secondary N) is 1. The van der Waals surface area contributed by atoms with Gasteiger partial charge in [0.1, 0.15) is 5.54 Å². The Morgan fingerprint density at radius 2 is 1.76 bits per heavy atom. The monoisotopic (exact) mass is 462 g/mol. The summed E-state index contributed by atoms with van der Waals surface area (Å²) in [6, 6.07) is 0. The van der Waals surface area contributed by atoms with Gasteiger partial charge in [-0.15, -0.1) is 0 Å². The van der Waals surface area contributed by atoms with E-state index in [4.69, 9.17) is 4.52 Å². The fourth-order valence-corrected chi connectivity index (χ4v) is 4.71. The zero-order chi connectivity index (χ0) is 23.8. The molecule has 0 aromatic carbocycles. The summed E-state index contributed by atoms with van der Waals surface area (Å²) in [7, 11) is 3.51. The molecule has 2 heterocycles. The molecule has 0 bridgehead atoms. The van der Waals surface area contributed by atoms with Crippen molar-refractivity contribution in [3.05, 3.63) is 11.7 Å². The van der Waals surface area contributed by atoms with E-state index in [-0.39, 0.29) is 17.7 Å². The number of aromatic nitrogens is 2. The Morgan fingerprint density at radius 1 is 1.03 bits per heavy atom. The quantitative estimate of drug-likeness (QED) is 0.608. The maximum atomic E-state index is 12.8. The van der Waals surface area contributed by atoms with E-state index >= 15 is 0 Å². The summed E-state index contributed by atoms with van der Waals surface area (Å²) in [5.74, 6) is 0.994. The molecule has 1 N–H and O–H groups in total. The topological polar surface area (TPSA) is 112 Å². The van der Waals surface area contributed by atoms with E-state index in [0.29, 0.717) is 50.7 Å². The Hall–Kier alpha value is -2.49. The SMILES string of the molecule is CC(=O)NC1(c2noc(CCC(=O)N3CCCN(CC(=O)N(C)C)CC3)n2)CCCCCC1. The minimum absolute atomic E-state index is 0.0570. The lowest BCUT2D eigenvalue weighted by molar-refractivity contribution is -0.131. The fraction of sp³-hybridized carbons (Fsp3) is 0.783. The Labute approximate surface area is 196 Å². The number of likely N-dealkylation sites (N-methyl/N-ethyl adjacent to an activating group) is 1. The predicted octanol–water partition coefficient (Wildman–Crippen LogP) is 1.31. The van der Waals surface area contributed by atoms with E-state index in [1.807, 2.05) is 4.90 Å². The molecule has 1 saturated carbocycles. The summed E-state index contributed by atoms with van der Waals surface area (Å²) in [5, 5.41) is 7.28. The third-order valence-electron chi connectivity index (χ3n) is 6.62. The molecule has 33 heavy (non-hydrogen) atoms. The second kappa shape index (κ2) is 11.6. The lowest BCUT2D eigenvalue weighted by Crippen LogP contribution is -2.45. The van der Waals surface area contributed by atoms with E-state index in [2.05, 4.69) is 20.4 Å². The van der Waals surface area contributed by atoms with Crippen LogP contribution >= 0.6 is 0 Å². The van der Waals surface area contributed by atoms with Gasteiger partial charge in [0.05, 0.1) is 6.54 Å². The van der Waals surface area contributed by atoms with Gasteiger partial charge in [-0.05, 0) is 19.3 Å². The van der Waals surface area contributed by atoms with Crippen LogP contribution in [0.25, 0.3) is 0 Å². The van der Waals surface area contributed by atoms with Crippen molar-refractivity contribution in [1.29, 1.82) is 0 Å².